The molecule has 0 bridgehead atoms. The van der Waals surface area contributed by atoms with Gasteiger partial charge in [0, 0.05) is 12.6 Å². The second kappa shape index (κ2) is 7.04. The fourth-order valence-corrected chi connectivity index (χ4v) is 3.70. The Kier molecular flexibility index (Phi) is 4.58. The second-order valence-corrected chi connectivity index (χ2v) is 7.18. The Morgan fingerprint density at radius 3 is 2.59 bits per heavy atom. The van der Waals surface area contributed by atoms with E-state index >= 15 is 0 Å². The molecular formula is C21H23N3O3. The zero-order valence-electron chi connectivity index (χ0n) is 15.5. The van der Waals surface area contributed by atoms with Crippen LogP contribution in [0.4, 0.5) is 21.9 Å². The summed E-state index contributed by atoms with van der Waals surface area (Å²) in [5.41, 5.74) is 2.18. The van der Waals surface area contributed by atoms with Crippen LogP contribution in [0.3, 0.4) is 0 Å². The third-order valence-corrected chi connectivity index (χ3v) is 5.39. The van der Waals surface area contributed by atoms with Gasteiger partial charge < -0.3 is 15.0 Å². The van der Waals surface area contributed by atoms with E-state index in [2.05, 4.69) is 24.2 Å². The summed E-state index contributed by atoms with van der Waals surface area (Å²) in [6.45, 7) is 3.03. The molecule has 0 saturated carbocycles. The van der Waals surface area contributed by atoms with E-state index in [0.29, 0.717) is 28.7 Å². The van der Waals surface area contributed by atoms with Crippen LogP contribution in [0.1, 0.15) is 30.1 Å². The van der Waals surface area contributed by atoms with Crippen LogP contribution in [0.25, 0.3) is 0 Å². The molecule has 0 aliphatic carbocycles. The van der Waals surface area contributed by atoms with E-state index in [1.165, 1.54) is 4.90 Å². The van der Waals surface area contributed by atoms with E-state index < -0.39 is 6.09 Å². The van der Waals surface area contributed by atoms with Crippen LogP contribution in [-0.4, -0.2) is 42.6 Å². The highest BCUT2D eigenvalue weighted by Gasteiger charge is 2.33. The predicted octanol–water partition coefficient (Wildman–Crippen LogP) is 4.01. The number of amides is 2. The number of likely N-dealkylation sites (tertiary alicyclic amines) is 1. The fraction of sp³-hybridized carbons (Fsp3) is 0.333. The van der Waals surface area contributed by atoms with E-state index in [4.69, 9.17) is 4.74 Å². The molecule has 6 nitrogen and oxygen atoms in total. The third-order valence-electron chi connectivity index (χ3n) is 5.39. The monoisotopic (exact) mass is 365 g/mol. The van der Waals surface area contributed by atoms with E-state index in [-0.39, 0.29) is 12.0 Å². The number of hydrogen-bond acceptors (Lipinski definition) is 4. The summed E-state index contributed by atoms with van der Waals surface area (Å²) >= 11 is 0. The molecule has 2 atom stereocenters. The van der Waals surface area contributed by atoms with Gasteiger partial charge in [0.25, 0.3) is 5.91 Å². The van der Waals surface area contributed by atoms with Gasteiger partial charge in [-0.2, -0.15) is 0 Å². The highest BCUT2D eigenvalue weighted by atomic mass is 16.6. The molecular weight excluding hydrogens is 342 g/mol. The summed E-state index contributed by atoms with van der Waals surface area (Å²) in [6, 6.07) is 14.7. The smallest absolute Gasteiger partial charge is 0.419 e. The number of ether oxygens (including phenoxy) is 1. The number of benzene rings is 2. The first kappa shape index (κ1) is 17.5. The van der Waals surface area contributed by atoms with Crippen molar-refractivity contribution in [2.24, 2.45) is 0 Å². The molecule has 0 unspecified atom stereocenters. The number of hydrogen-bond donors (Lipinski definition) is 1. The first-order chi connectivity index (χ1) is 13.0. The number of piperidine rings is 1. The number of para-hydroxylation sites is 3. The van der Waals surface area contributed by atoms with Crippen molar-refractivity contribution in [2.75, 3.05) is 23.8 Å². The van der Waals surface area contributed by atoms with E-state index in [9.17, 15) is 9.59 Å². The number of anilines is 3. The Bertz CT molecular complexity index is 882. The van der Waals surface area contributed by atoms with Gasteiger partial charge in [0.2, 0.25) is 0 Å². The lowest BCUT2D eigenvalue weighted by Gasteiger charge is -2.35. The maximum Gasteiger partial charge on any atom is 0.419 e. The number of nitrogens with one attached hydrogen (secondary N) is 1. The van der Waals surface area contributed by atoms with Crippen LogP contribution in [-0.2, 0) is 4.74 Å². The molecule has 2 aromatic rings. The Labute approximate surface area is 158 Å². The van der Waals surface area contributed by atoms with Gasteiger partial charge in [-0.05, 0) is 51.1 Å². The first-order valence-electron chi connectivity index (χ1n) is 9.25. The zero-order valence-corrected chi connectivity index (χ0v) is 15.5. The van der Waals surface area contributed by atoms with E-state index in [1.54, 1.807) is 24.3 Å². The van der Waals surface area contributed by atoms with Gasteiger partial charge in [0.15, 0.2) is 0 Å². The summed E-state index contributed by atoms with van der Waals surface area (Å²) in [7, 11) is 2.08. The van der Waals surface area contributed by atoms with Gasteiger partial charge in [0.1, 0.15) is 6.10 Å². The number of rotatable bonds is 1. The molecule has 2 amide bonds. The molecule has 2 aliphatic rings. The van der Waals surface area contributed by atoms with E-state index in [1.807, 2.05) is 24.3 Å². The van der Waals surface area contributed by atoms with Gasteiger partial charge in [-0.3, -0.25) is 4.79 Å². The largest absolute Gasteiger partial charge is 0.445 e. The minimum Gasteiger partial charge on any atom is -0.445 e. The fourth-order valence-electron chi connectivity index (χ4n) is 3.70. The maximum atomic E-state index is 13.2. The Morgan fingerprint density at radius 2 is 1.81 bits per heavy atom. The van der Waals surface area contributed by atoms with Gasteiger partial charge in [-0.25, -0.2) is 9.69 Å². The Morgan fingerprint density at radius 1 is 1.11 bits per heavy atom. The lowest BCUT2D eigenvalue weighted by molar-refractivity contribution is 0.0417. The summed E-state index contributed by atoms with van der Waals surface area (Å²) in [5.74, 6) is -0.235. The van der Waals surface area contributed by atoms with Crippen LogP contribution >= 0.6 is 0 Å². The lowest BCUT2D eigenvalue weighted by atomic mass is 10.0. The average Bonchev–Trinajstić information content (AvgIpc) is 2.79. The van der Waals surface area contributed by atoms with Crippen molar-refractivity contribution in [3.63, 3.8) is 0 Å². The average molecular weight is 365 g/mol. The van der Waals surface area contributed by atoms with Crippen molar-refractivity contribution in [1.29, 1.82) is 0 Å². The molecule has 140 valence electrons. The van der Waals surface area contributed by atoms with Crippen LogP contribution in [0.15, 0.2) is 48.5 Å². The topological polar surface area (TPSA) is 61.9 Å². The van der Waals surface area contributed by atoms with Crippen LogP contribution in [0.2, 0.25) is 0 Å². The number of carbonyl (C=O) groups excluding carboxylic acids is 2. The van der Waals surface area contributed by atoms with Gasteiger partial charge in [-0.15, -0.1) is 0 Å². The zero-order chi connectivity index (χ0) is 19.0. The van der Waals surface area contributed by atoms with Crippen LogP contribution in [0, 0.1) is 0 Å². The van der Waals surface area contributed by atoms with Crippen molar-refractivity contribution in [3.8, 4) is 0 Å². The minimum absolute atomic E-state index is 0.130. The number of nitrogens with zero attached hydrogens (tertiary/aromatic N) is 2. The van der Waals surface area contributed by atoms with Crippen molar-refractivity contribution in [2.45, 2.75) is 31.9 Å². The molecule has 27 heavy (non-hydrogen) atoms. The molecule has 0 spiro atoms. The SMILES string of the molecule is C[C@@H]1C[C@@H](OC(=O)N2c3ccccc3NC(=O)c3ccccc32)CCN1C. The van der Waals surface area contributed by atoms with Crippen molar-refractivity contribution >= 4 is 29.1 Å². The highest BCUT2D eigenvalue weighted by Crippen LogP contribution is 2.38. The van der Waals surface area contributed by atoms with Crippen molar-refractivity contribution in [3.05, 3.63) is 54.1 Å². The van der Waals surface area contributed by atoms with Crippen LogP contribution < -0.4 is 10.2 Å². The molecule has 6 heteroatoms. The summed E-state index contributed by atoms with van der Waals surface area (Å²) in [6.07, 6.45) is 1.03. The minimum atomic E-state index is -0.451. The van der Waals surface area contributed by atoms with Gasteiger partial charge in [-0.1, -0.05) is 24.3 Å². The molecule has 2 aliphatic heterocycles. The van der Waals surface area contributed by atoms with Gasteiger partial charge in [0.05, 0.1) is 22.6 Å². The number of fused-ring (bicyclic) bond motifs is 2. The van der Waals surface area contributed by atoms with Crippen molar-refractivity contribution in [1.82, 2.24) is 4.90 Å². The standard InChI is InChI=1S/C21H23N3O3/c1-14-13-15(11-12-23(14)2)27-21(26)24-18-9-5-3-7-16(18)20(25)22-17-8-4-6-10-19(17)24/h3-10,14-15H,11-13H2,1-2H3,(H,22,25)/t14-,15+/m1/s1. The maximum absolute atomic E-state index is 13.2. The molecule has 4 rings (SSSR count). The quantitative estimate of drug-likeness (QED) is 0.829. The predicted molar refractivity (Wildman–Crippen MR) is 105 cm³/mol. The molecule has 2 aromatic carbocycles. The molecule has 1 N–H and O–H groups in total. The highest BCUT2D eigenvalue weighted by molar-refractivity contribution is 6.16. The second-order valence-electron chi connectivity index (χ2n) is 7.18. The van der Waals surface area contributed by atoms with E-state index in [0.717, 1.165) is 19.4 Å². The summed E-state index contributed by atoms with van der Waals surface area (Å²) in [5, 5.41) is 2.88. The normalized spacial score (nSPS) is 22.3. The molecule has 0 radical (unpaired) electrons. The van der Waals surface area contributed by atoms with Gasteiger partial charge >= 0.3 is 6.09 Å². The summed E-state index contributed by atoms with van der Waals surface area (Å²) < 4.78 is 5.88. The van der Waals surface area contributed by atoms with Crippen molar-refractivity contribution < 1.29 is 14.3 Å². The molecule has 1 saturated heterocycles. The lowest BCUT2D eigenvalue weighted by Crippen LogP contribution is -2.43. The Balaban J connectivity index is 1.70. The Hall–Kier alpha value is -2.86. The molecule has 0 aromatic heterocycles. The van der Waals surface area contributed by atoms with Crippen LogP contribution in [0.5, 0.6) is 0 Å². The number of carbonyl (C=O) groups is 2. The molecule has 2 heterocycles. The third kappa shape index (κ3) is 3.28. The first-order valence-corrected chi connectivity index (χ1v) is 9.25. The summed E-state index contributed by atoms with van der Waals surface area (Å²) in [4.78, 5) is 29.6. The molecule has 1 fully saturated rings.